The fourth-order valence-electron chi connectivity index (χ4n) is 2.15. The van der Waals surface area contributed by atoms with Crippen molar-refractivity contribution >= 4 is 0 Å². The molecule has 4 heteroatoms. The summed E-state index contributed by atoms with van der Waals surface area (Å²) in [6.07, 6.45) is 3.38. The maximum Gasteiger partial charge on any atom is 0.128 e. The van der Waals surface area contributed by atoms with E-state index in [-0.39, 0.29) is 5.54 Å². The number of methoxy groups -OCH3 is 2. The van der Waals surface area contributed by atoms with Gasteiger partial charge in [-0.15, -0.1) is 0 Å². The molecule has 1 rings (SSSR count). The second-order valence-electron chi connectivity index (χ2n) is 4.87. The van der Waals surface area contributed by atoms with E-state index in [1.807, 2.05) is 20.0 Å². The molecule has 0 aliphatic rings. The highest BCUT2D eigenvalue weighted by molar-refractivity contribution is 5.41. The van der Waals surface area contributed by atoms with Gasteiger partial charge in [0.1, 0.15) is 5.75 Å². The van der Waals surface area contributed by atoms with Crippen LogP contribution in [-0.4, -0.2) is 31.3 Å². The molecule has 1 aromatic rings. The van der Waals surface area contributed by atoms with E-state index in [9.17, 15) is 0 Å². The summed E-state index contributed by atoms with van der Waals surface area (Å²) < 4.78 is 10.6. The summed E-state index contributed by atoms with van der Waals surface area (Å²) in [5.74, 6) is 0.899. The number of hydrogen-bond acceptors (Lipinski definition) is 4. The molecule has 2 N–H and O–H groups in total. The topological polar surface area (TPSA) is 57.4 Å². The fraction of sp³-hybridized carbons (Fsp3) is 0.643. The normalized spacial score (nSPS) is 14.3. The third kappa shape index (κ3) is 3.21. The maximum absolute atomic E-state index is 6.33. The van der Waals surface area contributed by atoms with E-state index in [4.69, 9.17) is 15.2 Å². The smallest absolute Gasteiger partial charge is 0.128 e. The summed E-state index contributed by atoms with van der Waals surface area (Å²) in [5.41, 5.74) is 9.06. The van der Waals surface area contributed by atoms with Gasteiger partial charge >= 0.3 is 0 Å². The number of aryl methyl sites for hydroxylation is 1. The van der Waals surface area contributed by atoms with E-state index in [0.29, 0.717) is 13.0 Å². The summed E-state index contributed by atoms with van der Waals surface area (Å²) >= 11 is 0. The van der Waals surface area contributed by atoms with Gasteiger partial charge in [-0.2, -0.15) is 0 Å². The first kappa shape index (κ1) is 14.9. The van der Waals surface area contributed by atoms with Crippen molar-refractivity contribution in [1.82, 2.24) is 4.98 Å². The zero-order chi connectivity index (χ0) is 13.8. The molecule has 0 saturated carbocycles. The van der Waals surface area contributed by atoms with Gasteiger partial charge in [0, 0.05) is 42.1 Å². The van der Waals surface area contributed by atoms with Crippen molar-refractivity contribution in [3.8, 4) is 5.75 Å². The summed E-state index contributed by atoms with van der Waals surface area (Å²) in [6.45, 7) is 6.62. The lowest BCUT2D eigenvalue weighted by atomic mass is 9.90. The average molecular weight is 252 g/mol. The molecule has 0 aliphatic heterocycles. The summed E-state index contributed by atoms with van der Waals surface area (Å²) in [5, 5.41) is 0. The molecule has 1 aromatic heterocycles. The molecule has 4 nitrogen and oxygen atoms in total. The van der Waals surface area contributed by atoms with Gasteiger partial charge in [-0.05, 0) is 20.3 Å². The third-order valence-electron chi connectivity index (χ3n) is 3.41. The Hall–Kier alpha value is -1.13. The highest BCUT2D eigenvalue weighted by Gasteiger charge is 2.25. The molecular formula is C14H24N2O2. The second kappa shape index (κ2) is 6.16. The number of pyridine rings is 1. The minimum Gasteiger partial charge on any atom is -0.496 e. The van der Waals surface area contributed by atoms with Crippen molar-refractivity contribution in [2.24, 2.45) is 5.73 Å². The van der Waals surface area contributed by atoms with E-state index < -0.39 is 0 Å². The lowest BCUT2D eigenvalue weighted by Crippen LogP contribution is -2.46. The number of nitrogens with two attached hydrogens (primary N) is 1. The molecule has 0 fully saturated rings. The summed E-state index contributed by atoms with van der Waals surface area (Å²) in [6, 6.07) is 0. The van der Waals surface area contributed by atoms with Crippen molar-refractivity contribution in [1.29, 1.82) is 0 Å². The van der Waals surface area contributed by atoms with Gasteiger partial charge in [0.25, 0.3) is 0 Å². The average Bonchev–Trinajstić information content (AvgIpc) is 2.34. The van der Waals surface area contributed by atoms with E-state index in [0.717, 1.165) is 29.0 Å². The van der Waals surface area contributed by atoms with Crippen LogP contribution in [-0.2, 0) is 11.2 Å². The molecule has 0 amide bonds. The van der Waals surface area contributed by atoms with Crippen LogP contribution in [0.2, 0.25) is 0 Å². The van der Waals surface area contributed by atoms with E-state index in [1.54, 1.807) is 14.2 Å². The lowest BCUT2D eigenvalue weighted by Gasteiger charge is -2.28. The van der Waals surface area contributed by atoms with Crippen molar-refractivity contribution in [2.75, 3.05) is 20.8 Å². The minimum atomic E-state index is -0.368. The molecule has 102 valence electrons. The number of rotatable bonds is 6. The highest BCUT2D eigenvalue weighted by Crippen LogP contribution is 2.26. The van der Waals surface area contributed by atoms with Crippen LogP contribution in [0, 0.1) is 13.8 Å². The number of hydrogen-bond donors (Lipinski definition) is 1. The van der Waals surface area contributed by atoms with Crippen molar-refractivity contribution in [2.45, 2.75) is 39.2 Å². The largest absolute Gasteiger partial charge is 0.496 e. The summed E-state index contributed by atoms with van der Waals surface area (Å²) in [7, 11) is 3.36. The molecule has 0 bridgehead atoms. The fourth-order valence-corrected chi connectivity index (χ4v) is 2.15. The van der Waals surface area contributed by atoms with Crippen molar-refractivity contribution < 1.29 is 9.47 Å². The monoisotopic (exact) mass is 252 g/mol. The molecule has 1 unspecified atom stereocenters. The van der Waals surface area contributed by atoms with Crippen LogP contribution in [0.4, 0.5) is 0 Å². The molecule has 1 atom stereocenters. The van der Waals surface area contributed by atoms with Gasteiger partial charge < -0.3 is 15.2 Å². The molecule has 0 aliphatic carbocycles. The maximum atomic E-state index is 6.33. The second-order valence-corrected chi connectivity index (χ2v) is 4.87. The minimum absolute atomic E-state index is 0.368. The molecular weight excluding hydrogens is 228 g/mol. The summed E-state index contributed by atoms with van der Waals surface area (Å²) in [4.78, 5) is 4.49. The Bertz CT molecular complexity index is 407. The van der Waals surface area contributed by atoms with Gasteiger partial charge in [-0.3, -0.25) is 4.98 Å². The van der Waals surface area contributed by atoms with Gasteiger partial charge in [-0.25, -0.2) is 0 Å². The van der Waals surface area contributed by atoms with Crippen LogP contribution >= 0.6 is 0 Å². The van der Waals surface area contributed by atoms with Crippen LogP contribution in [0.1, 0.15) is 30.2 Å². The molecule has 0 saturated heterocycles. The SMILES string of the molecule is CCC(N)(COC)Cc1ncc(C)c(OC)c1C. The Labute approximate surface area is 110 Å². The third-order valence-corrected chi connectivity index (χ3v) is 3.41. The molecule has 18 heavy (non-hydrogen) atoms. The lowest BCUT2D eigenvalue weighted by molar-refractivity contribution is 0.128. The van der Waals surface area contributed by atoms with E-state index >= 15 is 0 Å². The number of ether oxygens (including phenoxy) is 2. The quantitative estimate of drug-likeness (QED) is 0.841. The first-order valence-corrected chi connectivity index (χ1v) is 6.24. The van der Waals surface area contributed by atoms with Gasteiger partial charge in [0.15, 0.2) is 0 Å². The zero-order valence-corrected chi connectivity index (χ0v) is 12.0. The first-order valence-electron chi connectivity index (χ1n) is 6.24. The van der Waals surface area contributed by atoms with Crippen LogP contribution < -0.4 is 10.5 Å². The molecule has 0 aromatic carbocycles. The Morgan fingerprint density at radius 2 is 2.00 bits per heavy atom. The van der Waals surface area contributed by atoms with E-state index in [2.05, 4.69) is 11.9 Å². The Morgan fingerprint density at radius 3 is 2.50 bits per heavy atom. The molecule has 1 heterocycles. The Balaban J connectivity index is 3.04. The number of aromatic nitrogens is 1. The predicted octanol–water partition coefficient (Wildman–Crippen LogP) is 2.00. The van der Waals surface area contributed by atoms with Crippen LogP contribution in [0.25, 0.3) is 0 Å². The van der Waals surface area contributed by atoms with Crippen LogP contribution in [0.5, 0.6) is 5.75 Å². The van der Waals surface area contributed by atoms with Crippen molar-refractivity contribution in [3.63, 3.8) is 0 Å². The first-order chi connectivity index (χ1) is 8.47. The highest BCUT2D eigenvalue weighted by atomic mass is 16.5. The molecule has 0 radical (unpaired) electrons. The Morgan fingerprint density at radius 1 is 1.33 bits per heavy atom. The Kier molecular flexibility index (Phi) is 5.11. The molecule has 0 spiro atoms. The van der Waals surface area contributed by atoms with Gasteiger partial charge in [-0.1, -0.05) is 6.92 Å². The van der Waals surface area contributed by atoms with Crippen LogP contribution in [0.15, 0.2) is 6.20 Å². The standard InChI is InChI=1S/C14H24N2O2/c1-6-14(15,9-17-4)7-12-11(3)13(18-5)10(2)8-16-12/h8H,6-7,9,15H2,1-5H3. The van der Waals surface area contributed by atoms with Gasteiger partial charge in [0.2, 0.25) is 0 Å². The number of nitrogens with zero attached hydrogens (tertiary/aromatic N) is 1. The van der Waals surface area contributed by atoms with Crippen LogP contribution in [0.3, 0.4) is 0 Å². The predicted molar refractivity (Wildman–Crippen MR) is 73.1 cm³/mol. The van der Waals surface area contributed by atoms with E-state index in [1.165, 1.54) is 0 Å². The zero-order valence-electron chi connectivity index (χ0n) is 12.0. The van der Waals surface area contributed by atoms with Crippen molar-refractivity contribution in [3.05, 3.63) is 23.0 Å². The van der Waals surface area contributed by atoms with Gasteiger partial charge in [0.05, 0.1) is 13.7 Å².